The summed E-state index contributed by atoms with van der Waals surface area (Å²) < 4.78 is 5.38. The van der Waals surface area contributed by atoms with Crippen LogP contribution in [0, 0.1) is 13.8 Å². The van der Waals surface area contributed by atoms with Crippen LogP contribution in [0.3, 0.4) is 0 Å². The number of nitrogens with zero attached hydrogens (tertiary/aromatic N) is 5. The fourth-order valence-electron chi connectivity index (χ4n) is 3.67. The van der Waals surface area contributed by atoms with E-state index < -0.39 is 0 Å². The van der Waals surface area contributed by atoms with Crippen molar-refractivity contribution in [2.75, 3.05) is 67.6 Å². The molecule has 1 aromatic carbocycles. The number of hydrogen-bond acceptors (Lipinski definition) is 6. The number of anilines is 3. The second-order valence-corrected chi connectivity index (χ2v) is 7.50. The number of carbonyl (C=O) groups excluding carboxylic acids is 1. The summed E-state index contributed by atoms with van der Waals surface area (Å²) in [4.78, 5) is 18.9. The fourth-order valence-corrected chi connectivity index (χ4v) is 3.67. The Kier molecular flexibility index (Phi) is 5.80. The van der Waals surface area contributed by atoms with Gasteiger partial charge in [-0.25, -0.2) is 4.79 Å². The van der Waals surface area contributed by atoms with Crippen molar-refractivity contribution in [2.24, 2.45) is 0 Å². The van der Waals surface area contributed by atoms with Crippen molar-refractivity contribution in [3.63, 3.8) is 0 Å². The Hall–Kier alpha value is -2.87. The maximum Gasteiger partial charge on any atom is 0.321 e. The van der Waals surface area contributed by atoms with E-state index in [0.29, 0.717) is 13.1 Å². The van der Waals surface area contributed by atoms with Gasteiger partial charge in [-0.3, -0.25) is 0 Å². The van der Waals surface area contributed by atoms with Crippen LogP contribution in [-0.4, -0.2) is 73.6 Å². The number of benzene rings is 1. The van der Waals surface area contributed by atoms with Gasteiger partial charge in [-0.05, 0) is 43.2 Å². The summed E-state index contributed by atoms with van der Waals surface area (Å²) in [5.41, 5.74) is 3.16. The molecule has 0 aliphatic carbocycles. The van der Waals surface area contributed by atoms with Crippen LogP contribution in [0.4, 0.5) is 22.1 Å². The molecule has 8 nitrogen and oxygen atoms in total. The zero-order valence-corrected chi connectivity index (χ0v) is 17.1. The summed E-state index contributed by atoms with van der Waals surface area (Å²) in [5, 5.41) is 11.8. The van der Waals surface area contributed by atoms with Gasteiger partial charge in [0, 0.05) is 45.0 Å². The van der Waals surface area contributed by atoms with Gasteiger partial charge >= 0.3 is 6.03 Å². The highest BCUT2D eigenvalue weighted by molar-refractivity contribution is 5.90. The molecule has 0 radical (unpaired) electrons. The Bertz CT molecular complexity index is 843. The van der Waals surface area contributed by atoms with Crippen LogP contribution < -0.4 is 15.1 Å². The molecule has 3 heterocycles. The Balaban J connectivity index is 1.32. The first-order valence-electron chi connectivity index (χ1n) is 10.2. The zero-order chi connectivity index (χ0) is 20.2. The van der Waals surface area contributed by atoms with E-state index in [1.807, 2.05) is 36.1 Å². The van der Waals surface area contributed by atoms with Gasteiger partial charge in [0.2, 0.25) is 0 Å². The molecule has 2 aromatic rings. The van der Waals surface area contributed by atoms with Crippen molar-refractivity contribution >= 4 is 23.4 Å². The minimum absolute atomic E-state index is 0.0490. The molecule has 154 valence electrons. The van der Waals surface area contributed by atoms with E-state index in [2.05, 4.69) is 38.3 Å². The summed E-state index contributed by atoms with van der Waals surface area (Å²) in [6.07, 6.45) is 0. The molecule has 2 aliphatic rings. The van der Waals surface area contributed by atoms with Crippen LogP contribution in [0.5, 0.6) is 0 Å². The maximum atomic E-state index is 12.6. The Morgan fingerprint density at radius 3 is 2.14 bits per heavy atom. The van der Waals surface area contributed by atoms with E-state index in [-0.39, 0.29) is 6.03 Å². The molecule has 0 saturated carbocycles. The van der Waals surface area contributed by atoms with Gasteiger partial charge in [0.25, 0.3) is 0 Å². The fraction of sp³-hybridized carbons (Fsp3) is 0.476. The van der Waals surface area contributed by atoms with Crippen LogP contribution in [-0.2, 0) is 4.74 Å². The molecule has 0 atom stereocenters. The topological polar surface area (TPSA) is 73.8 Å². The van der Waals surface area contributed by atoms with Gasteiger partial charge < -0.3 is 24.8 Å². The van der Waals surface area contributed by atoms with Crippen molar-refractivity contribution in [1.29, 1.82) is 0 Å². The molecule has 2 aliphatic heterocycles. The molecular weight excluding hydrogens is 368 g/mol. The Labute approximate surface area is 171 Å². The number of urea groups is 1. The van der Waals surface area contributed by atoms with Gasteiger partial charge in [0.05, 0.1) is 13.2 Å². The SMILES string of the molecule is Cc1cccc(NC(=O)N2CCN(c3ccc(N4CCOCC4)nn3)CC2)c1C. The van der Waals surface area contributed by atoms with Crippen LogP contribution in [0.15, 0.2) is 30.3 Å². The highest BCUT2D eigenvalue weighted by atomic mass is 16.5. The normalized spacial score (nSPS) is 17.4. The van der Waals surface area contributed by atoms with Crippen LogP contribution in [0.25, 0.3) is 0 Å². The molecule has 0 unspecified atom stereocenters. The smallest absolute Gasteiger partial charge is 0.321 e. The maximum absolute atomic E-state index is 12.6. The highest BCUT2D eigenvalue weighted by Crippen LogP contribution is 2.20. The molecule has 2 saturated heterocycles. The summed E-state index contributed by atoms with van der Waals surface area (Å²) in [5.74, 6) is 1.75. The third-order valence-corrected chi connectivity index (χ3v) is 5.71. The van der Waals surface area contributed by atoms with Crippen molar-refractivity contribution in [3.8, 4) is 0 Å². The van der Waals surface area contributed by atoms with Crippen LogP contribution in [0.1, 0.15) is 11.1 Å². The lowest BCUT2D eigenvalue weighted by molar-refractivity contribution is 0.122. The molecule has 0 spiro atoms. The number of ether oxygens (including phenoxy) is 1. The number of aryl methyl sites for hydroxylation is 1. The molecular formula is C21H28N6O2. The third-order valence-electron chi connectivity index (χ3n) is 5.71. The molecule has 0 bridgehead atoms. The van der Waals surface area contributed by atoms with Crippen molar-refractivity contribution in [3.05, 3.63) is 41.5 Å². The predicted octanol–water partition coefficient (Wildman–Crippen LogP) is 2.28. The first kappa shape index (κ1) is 19.4. The number of carbonyl (C=O) groups is 1. The van der Waals surface area contributed by atoms with E-state index >= 15 is 0 Å². The molecule has 1 aromatic heterocycles. The second kappa shape index (κ2) is 8.65. The van der Waals surface area contributed by atoms with Gasteiger partial charge in [-0.2, -0.15) is 0 Å². The molecule has 2 fully saturated rings. The number of rotatable bonds is 3. The lowest BCUT2D eigenvalue weighted by Gasteiger charge is -2.35. The van der Waals surface area contributed by atoms with Crippen LogP contribution in [0.2, 0.25) is 0 Å². The first-order valence-corrected chi connectivity index (χ1v) is 10.2. The predicted molar refractivity (Wildman–Crippen MR) is 114 cm³/mol. The molecule has 29 heavy (non-hydrogen) atoms. The number of piperazine rings is 1. The number of amides is 2. The molecule has 4 rings (SSSR count). The van der Waals surface area contributed by atoms with E-state index in [4.69, 9.17) is 4.74 Å². The monoisotopic (exact) mass is 396 g/mol. The zero-order valence-electron chi connectivity index (χ0n) is 17.1. The lowest BCUT2D eigenvalue weighted by Crippen LogP contribution is -2.50. The van der Waals surface area contributed by atoms with E-state index in [1.54, 1.807) is 0 Å². The van der Waals surface area contributed by atoms with Crippen molar-refractivity contribution in [2.45, 2.75) is 13.8 Å². The summed E-state index contributed by atoms with van der Waals surface area (Å²) in [6, 6.07) is 9.95. The first-order chi connectivity index (χ1) is 14.1. The average Bonchev–Trinajstić information content (AvgIpc) is 2.78. The summed E-state index contributed by atoms with van der Waals surface area (Å²) in [7, 11) is 0. The third kappa shape index (κ3) is 4.42. The van der Waals surface area contributed by atoms with Gasteiger partial charge in [0.15, 0.2) is 11.6 Å². The number of hydrogen-bond donors (Lipinski definition) is 1. The van der Waals surface area contributed by atoms with Crippen LogP contribution >= 0.6 is 0 Å². The number of nitrogens with one attached hydrogen (secondary N) is 1. The van der Waals surface area contributed by atoms with Gasteiger partial charge in [-0.1, -0.05) is 12.1 Å². The van der Waals surface area contributed by atoms with Gasteiger partial charge in [-0.15, -0.1) is 10.2 Å². The van der Waals surface area contributed by atoms with Crippen molar-refractivity contribution in [1.82, 2.24) is 15.1 Å². The quantitative estimate of drug-likeness (QED) is 0.858. The lowest BCUT2D eigenvalue weighted by atomic mass is 10.1. The number of aromatic nitrogens is 2. The highest BCUT2D eigenvalue weighted by Gasteiger charge is 2.23. The average molecular weight is 396 g/mol. The minimum Gasteiger partial charge on any atom is -0.378 e. The van der Waals surface area contributed by atoms with Crippen molar-refractivity contribution < 1.29 is 9.53 Å². The summed E-state index contributed by atoms with van der Waals surface area (Å²) in [6.45, 7) is 10.0. The van der Waals surface area contributed by atoms with E-state index in [0.717, 1.165) is 62.3 Å². The number of morpholine rings is 1. The Morgan fingerprint density at radius 1 is 0.897 bits per heavy atom. The molecule has 8 heteroatoms. The largest absolute Gasteiger partial charge is 0.378 e. The second-order valence-electron chi connectivity index (χ2n) is 7.50. The van der Waals surface area contributed by atoms with E-state index in [9.17, 15) is 4.79 Å². The van der Waals surface area contributed by atoms with E-state index in [1.165, 1.54) is 5.56 Å². The molecule has 1 N–H and O–H groups in total. The summed E-state index contributed by atoms with van der Waals surface area (Å²) >= 11 is 0. The Morgan fingerprint density at radius 2 is 1.52 bits per heavy atom. The minimum atomic E-state index is -0.0490. The molecule has 2 amide bonds. The standard InChI is InChI=1S/C21H28N6O2/c1-16-4-3-5-18(17(16)2)22-21(28)27-10-8-25(9-11-27)19-6-7-20(24-23-19)26-12-14-29-15-13-26/h3-7H,8-15H2,1-2H3,(H,22,28). The van der Waals surface area contributed by atoms with Gasteiger partial charge in [0.1, 0.15) is 0 Å².